The van der Waals surface area contributed by atoms with Gasteiger partial charge in [0.1, 0.15) is 33.5 Å². The Morgan fingerprint density at radius 1 is 0.314 bits per heavy atom. The Morgan fingerprint density at radius 3 is 1.41 bits per heavy atom. The monoisotopic (exact) mass is 655 g/mol. The summed E-state index contributed by atoms with van der Waals surface area (Å²) < 4.78 is 19.6. The first-order chi connectivity index (χ1) is 25.3. The van der Waals surface area contributed by atoms with Gasteiger partial charge in [-0.1, -0.05) is 121 Å². The number of rotatable bonds is 4. The Morgan fingerprint density at radius 2 is 0.784 bits per heavy atom. The number of benzene rings is 7. The predicted molar refractivity (Wildman–Crippen MR) is 203 cm³/mol. The predicted octanol–water partition coefficient (Wildman–Crippen LogP) is 12.2. The van der Waals surface area contributed by atoms with Crippen molar-refractivity contribution in [1.82, 2.24) is 15.0 Å². The summed E-state index contributed by atoms with van der Waals surface area (Å²) in [6.45, 7) is 0. The molecule has 7 aromatic carbocycles. The first kappa shape index (κ1) is 27.9. The smallest absolute Gasteiger partial charge is 0.164 e. The fourth-order valence-corrected chi connectivity index (χ4v) is 7.41. The second-order valence-electron chi connectivity index (χ2n) is 12.7. The van der Waals surface area contributed by atoms with E-state index in [4.69, 9.17) is 28.2 Å². The highest BCUT2D eigenvalue weighted by atomic mass is 16.3. The van der Waals surface area contributed by atoms with Gasteiger partial charge in [0.2, 0.25) is 0 Å². The van der Waals surface area contributed by atoms with E-state index in [1.807, 2.05) is 103 Å². The van der Waals surface area contributed by atoms with Gasteiger partial charge in [0.05, 0.1) is 5.39 Å². The van der Waals surface area contributed by atoms with Gasteiger partial charge in [0.15, 0.2) is 17.5 Å². The van der Waals surface area contributed by atoms with E-state index in [-0.39, 0.29) is 0 Å². The molecule has 0 aliphatic rings. The zero-order valence-electron chi connectivity index (χ0n) is 27.0. The third-order valence-electron chi connectivity index (χ3n) is 9.74. The maximum Gasteiger partial charge on any atom is 0.164 e. The average molecular weight is 656 g/mol. The molecule has 11 aromatic rings. The number of hydrogen-bond acceptors (Lipinski definition) is 6. The van der Waals surface area contributed by atoms with Crippen molar-refractivity contribution in [2.75, 3.05) is 0 Å². The zero-order chi connectivity index (χ0) is 33.5. The zero-order valence-corrected chi connectivity index (χ0v) is 27.0. The quantitative estimate of drug-likeness (QED) is 0.188. The molecule has 0 N–H and O–H groups in total. The molecule has 0 saturated carbocycles. The van der Waals surface area contributed by atoms with Gasteiger partial charge >= 0.3 is 0 Å². The summed E-state index contributed by atoms with van der Waals surface area (Å²) in [7, 11) is 0. The molecule has 0 fully saturated rings. The van der Waals surface area contributed by atoms with Gasteiger partial charge in [0.25, 0.3) is 0 Å². The fraction of sp³-hybridized carbons (Fsp3) is 0. The van der Waals surface area contributed by atoms with E-state index in [2.05, 4.69) is 48.5 Å². The summed E-state index contributed by atoms with van der Waals surface area (Å²) >= 11 is 0. The van der Waals surface area contributed by atoms with E-state index in [1.165, 1.54) is 0 Å². The lowest BCUT2D eigenvalue weighted by Gasteiger charge is -2.09. The standard InChI is InChI=1S/C45H25N3O3/c1-3-11-27(12-4-1)43-46-44(28-13-5-2-6-14-28)48-45(47-43)29-21-19-26(20-22-29)32-25-37-41(42-38(32)30-15-7-10-18-34(30)51-42)40-36(50-37)24-23-35-39(40)31-16-8-9-17-33(31)49-35/h1-25H. The fourth-order valence-electron chi connectivity index (χ4n) is 7.41. The summed E-state index contributed by atoms with van der Waals surface area (Å²) in [5, 5.41) is 6.11. The van der Waals surface area contributed by atoms with E-state index in [0.29, 0.717) is 17.5 Å². The van der Waals surface area contributed by atoms with Crippen LogP contribution in [0.5, 0.6) is 0 Å². The number of aromatic nitrogens is 3. The highest BCUT2D eigenvalue weighted by molar-refractivity contribution is 6.33. The van der Waals surface area contributed by atoms with Crippen LogP contribution in [0.4, 0.5) is 0 Å². The molecule has 0 radical (unpaired) electrons. The molecule has 4 aromatic heterocycles. The van der Waals surface area contributed by atoms with Crippen LogP contribution >= 0.6 is 0 Å². The third kappa shape index (κ3) is 4.26. The first-order valence-electron chi connectivity index (χ1n) is 16.9. The molecule has 0 amide bonds. The molecule has 11 rings (SSSR count). The minimum absolute atomic E-state index is 0.609. The highest BCUT2D eigenvalue weighted by Gasteiger charge is 2.24. The van der Waals surface area contributed by atoms with Gasteiger partial charge < -0.3 is 13.3 Å². The summed E-state index contributed by atoms with van der Waals surface area (Å²) in [6, 6.07) is 50.9. The van der Waals surface area contributed by atoms with E-state index in [0.717, 1.165) is 93.6 Å². The van der Waals surface area contributed by atoms with Gasteiger partial charge in [-0.3, -0.25) is 0 Å². The molecule has 0 aliphatic carbocycles. The lowest BCUT2D eigenvalue weighted by atomic mass is 9.95. The molecule has 0 spiro atoms. The van der Waals surface area contributed by atoms with Crippen molar-refractivity contribution in [3.63, 3.8) is 0 Å². The number of nitrogens with zero attached hydrogens (tertiary/aromatic N) is 3. The molecule has 4 heterocycles. The molecule has 238 valence electrons. The van der Waals surface area contributed by atoms with Crippen LogP contribution in [-0.2, 0) is 0 Å². The molecular formula is C45H25N3O3. The van der Waals surface area contributed by atoms with Crippen molar-refractivity contribution in [2.45, 2.75) is 0 Å². The Kier molecular flexibility index (Phi) is 5.86. The van der Waals surface area contributed by atoms with Gasteiger partial charge in [-0.25, -0.2) is 15.0 Å². The molecule has 0 aliphatic heterocycles. The molecule has 6 nitrogen and oxygen atoms in total. The van der Waals surface area contributed by atoms with E-state index in [1.54, 1.807) is 0 Å². The molecule has 0 bridgehead atoms. The molecule has 0 unspecified atom stereocenters. The Bertz CT molecular complexity index is 3060. The number of para-hydroxylation sites is 2. The first-order valence-corrected chi connectivity index (χ1v) is 16.9. The third-order valence-corrected chi connectivity index (χ3v) is 9.74. The van der Waals surface area contributed by atoms with Crippen molar-refractivity contribution >= 4 is 65.8 Å². The summed E-state index contributed by atoms with van der Waals surface area (Å²) in [5.41, 5.74) is 9.63. The summed E-state index contributed by atoms with van der Waals surface area (Å²) in [4.78, 5) is 14.7. The molecular weight excluding hydrogens is 631 g/mol. The Balaban J connectivity index is 1.12. The number of fused-ring (bicyclic) bond motifs is 11. The average Bonchev–Trinajstić information content (AvgIpc) is 3.89. The molecule has 0 saturated heterocycles. The van der Waals surface area contributed by atoms with Crippen molar-refractivity contribution in [3.05, 3.63) is 152 Å². The van der Waals surface area contributed by atoms with Gasteiger partial charge in [-0.15, -0.1) is 0 Å². The van der Waals surface area contributed by atoms with Gasteiger partial charge in [0, 0.05) is 43.6 Å². The normalized spacial score (nSPS) is 11.9. The van der Waals surface area contributed by atoms with Crippen LogP contribution in [0.2, 0.25) is 0 Å². The number of furan rings is 3. The van der Waals surface area contributed by atoms with Gasteiger partial charge in [-0.2, -0.15) is 0 Å². The molecule has 6 heteroatoms. The van der Waals surface area contributed by atoms with Crippen LogP contribution in [0.25, 0.3) is 111 Å². The van der Waals surface area contributed by atoms with Crippen molar-refractivity contribution < 1.29 is 13.3 Å². The second kappa shape index (κ2) is 10.7. The van der Waals surface area contributed by atoms with Crippen LogP contribution in [0.1, 0.15) is 0 Å². The molecule has 51 heavy (non-hydrogen) atoms. The van der Waals surface area contributed by atoms with E-state index in [9.17, 15) is 0 Å². The molecule has 0 atom stereocenters. The lowest BCUT2D eigenvalue weighted by Crippen LogP contribution is -2.00. The summed E-state index contributed by atoms with van der Waals surface area (Å²) in [5.74, 6) is 1.87. The van der Waals surface area contributed by atoms with E-state index >= 15 is 0 Å². The largest absolute Gasteiger partial charge is 0.456 e. The van der Waals surface area contributed by atoms with Crippen LogP contribution in [0.15, 0.2) is 165 Å². The van der Waals surface area contributed by atoms with E-state index < -0.39 is 0 Å². The SMILES string of the molecule is c1ccc(-c2nc(-c3ccccc3)nc(-c3ccc(-c4cc5oc6ccc7oc8ccccc8c7c6c5c5oc6ccccc6c45)cc3)n2)cc1. The van der Waals surface area contributed by atoms with Crippen LogP contribution in [0, 0.1) is 0 Å². The maximum atomic E-state index is 6.72. The Hall–Kier alpha value is -7.05. The Labute approximate surface area is 290 Å². The van der Waals surface area contributed by atoms with Crippen molar-refractivity contribution in [1.29, 1.82) is 0 Å². The van der Waals surface area contributed by atoms with Gasteiger partial charge in [-0.05, 0) is 41.5 Å². The minimum Gasteiger partial charge on any atom is -0.456 e. The lowest BCUT2D eigenvalue weighted by molar-refractivity contribution is 0.660. The number of hydrogen-bond donors (Lipinski definition) is 0. The highest BCUT2D eigenvalue weighted by Crippen LogP contribution is 2.47. The van der Waals surface area contributed by atoms with Crippen molar-refractivity contribution in [2.24, 2.45) is 0 Å². The topological polar surface area (TPSA) is 78.1 Å². The minimum atomic E-state index is 0.609. The van der Waals surface area contributed by atoms with Crippen molar-refractivity contribution in [3.8, 4) is 45.3 Å². The maximum absolute atomic E-state index is 6.72. The second-order valence-corrected chi connectivity index (χ2v) is 12.7. The summed E-state index contributed by atoms with van der Waals surface area (Å²) in [6.07, 6.45) is 0. The van der Waals surface area contributed by atoms with Crippen LogP contribution in [-0.4, -0.2) is 15.0 Å². The van der Waals surface area contributed by atoms with Crippen LogP contribution < -0.4 is 0 Å². The van der Waals surface area contributed by atoms with Crippen LogP contribution in [0.3, 0.4) is 0 Å².